The fourth-order valence-corrected chi connectivity index (χ4v) is 2.28. The molecule has 2 nitrogen and oxygen atoms in total. The van der Waals surface area contributed by atoms with Gasteiger partial charge >= 0.3 is 7.12 Å². The van der Waals surface area contributed by atoms with Gasteiger partial charge in [0.25, 0.3) is 0 Å². The van der Waals surface area contributed by atoms with Crippen LogP contribution in [0.25, 0.3) is 5.47 Å². The van der Waals surface area contributed by atoms with Gasteiger partial charge in [0.15, 0.2) is 0 Å². The third-order valence-corrected chi connectivity index (χ3v) is 4.13. The maximum Gasteiger partial charge on any atom is 0.494 e. The lowest BCUT2D eigenvalue weighted by molar-refractivity contribution is 0.00578. The Labute approximate surface area is 117 Å². The lowest BCUT2D eigenvalue weighted by Crippen LogP contribution is -2.41. The standard InChI is InChI=1S/C16H23BO2/c1-11-8-12(2)10-14(9-11)13(3)17-18-15(4,5)16(6,7)19-17/h8-10H,3H2,1-2,4-7H3. The second-order valence-electron chi connectivity index (χ2n) is 6.49. The van der Waals surface area contributed by atoms with Crippen LogP contribution in [-0.4, -0.2) is 18.3 Å². The summed E-state index contributed by atoms with van der Waals surface area (Å²) >= 11 is 0. The molecule has 0 bridgehead atoms. The molecule has 0 spiro atoms. The van der Waals surface area contributed by atoms with E-state index < -0.39 is 0 Å². The van der Waals surface area contributed by atoms with E-state index in [1.807, 2.05) is 0 Å². The van der Waals surface area contributed by atoms with Crippen molar-refractivity contribution in [3.8, 4) is 0 Å². The van der Waals surface area contributed by atoms with Crippen molar-refractivity contribution in [2.24, 2.45) is 0 Å². The van der Waals surface area contributed by atoms with E-state index in [1.165, 1.54) is 11.1 Å². The van der Waals surface area contributed by atoms with E-state index in [0.29, 0.717) is 0 Å². The summed E-state index contributed by atoms with van der Waals surface area (Å²) in [6.07, 6.45) is 0. The maximum absolute atomic E-state index is 6.04. The molecule has 0 N–H and O–H groups in total. The van der Waals surface area contributed by atoms with Gasteiger partial charge in [0, 0.05) is 0 Å². The molecule has 102 valence electrons. The molecule has 0 atom stereocenters. The van der Waals surface area contributed by atoms with Gasteiger partial charge in [-0.25, -0.2) is 0 Å². The van der Waals surface area contributed by atoms with Gasteiger partial charge in [-0.1, -0.05) is 35.9 Å². The van der Waals surface area contributed by atoms with Gasteiger partial charge in [-0.15, -0.1) is 0 Å². The highest BCUT2D eigenvalue weighted by Gasteiger charge is 2.52. The third kappa shape index (κ3) is 2.63. The van der Waals surface area contributed by atoms with E-state index in [0.717, 1.165) is 11.0 Å². The van der Waals surface area contributed by atoms with Crippen molar-refractivity contribution in [3.05, 3.63) is 41.5 Å². The Morgan fingerprint density at radius 2 is 1.37 bits per heavy atom. The summed E-state index contributed by atoms with van der Waals surface area (Å²) in [4.78, 5) is 0. The van der Waals surface area contributed by atoms with Crippen LogP contribution in [-0.2, 0) is 9.31 Å². The molecule has 1 aliphatic rings. The molecule has 2 rings (SSSR count). The Morgan fingerprint density at radius 1 is 0.947 bits per heavy atom. The topological polar surface area (TPSA) is 18.5 Å². The van der Waals surface area contributed by atoms with Crippen molar-refractivity contribution < 1.29 is 9.31 Å². The van der Waals surface area contributed by atoms with Crippen LogP contribution in [0, 0.1) is 13.8 Å². The average molecular weight is 258 g/mol. The summed E-state index contributed by atoms with van der Waals surface area (Å²) in [5, 5.41) is 0. The molecule has 19 heavy (non-hydrogen) atoms. The first-order valence-electron chi connectivity index (χ1n) is 6.75. The van der Waals surface area contributed by atoms with E-state index in [9.17, 15) is 0 Å². The van der Waals surface area contributed by atoms with Crippen LogP contribution in [0.4, 0.5) is 0 Å². The second-order valence-corrected chi connectivity index (χ2v) is 6.49. The van der Waals surface area contributed by atoms with Crippen LogP contribution < -0.4 is 0 Å². The fourth-order valence-electron chi connectivity index (χ4n) is 2.28. The zero-order chi connectivity index (χ0) is 14.4. The van der Waals surface area contributed by atoms with Crippen molar-refractivity contribution in [3.63, 3.8) is 0 Å². The number of aryl methyl sites for hydroxylation is 2. The van der Waals surface area contributed by atoms with E-state index in [2.05, 4.69) is 66.3 Å². The minimum atomic E-state index is -0.369. The monoisotopic (exact) mass is 258 g/mol. The zero-order valence-electron chi connectivity index (χ0n) is 12.8. The molecule has 0 unspecified atom stereocenters. The molecular formula is C16H23BO2. The molecular weight excluding hydrogens is 235 g/mol. The molecule has 1 aromatic rings. The SMILES string of the molecule is C=C(B1OC(C)(C)C(C)(C)O1)c1cc(C)cc(C)c1. The van der Waals surface area contributed by atoms with Crippen molar-refractivity contribution in [1.29, 1.82) is 0 Å². The molecule has 1 fully saturated rings. The predicted octanol–water partition coefficient (Wildman–Crippen LogP) is 3.95. The first-order valence-corrected chi connectivity index (χ1v) is 6.75. The van der Waals surface area contributed by atoms with Gasteiger partial charge < -0.3 is 9.31 Å². The van der Waals surface area contributed by atoms with Crippen molar-refractivity contribution in [2.45, 2.75) is 52.7 Å². The summed E-state index contributed by atoms with van der Waals surface area (Å²) in [5.41, 5.74) is 3.81. The summed E-state index contributed by atoms with van der Waals surface area (Å²) in [5.74, 6) is 0. The highest BCUT2D eigenvalue weighted by atomic mass is 16.7. The summed E-state index contributed by atoms with van der Waals surface area (Å²) < 4.78 is 12.1. The highest BCUT2D eigenvalue weighted by molar-refractivity contribution is 6.68. The van der Waals surface area contributed by atoms with Gasteiger partial charge in [0.2, 0.25) is 0 Å². The number of benzene rings is 1. The summed E-state index contributed by atoms with van der Waals surface area (Å²) in [6.45, 7) is 16.6. The third-order valence-electron chi connectivity index (χ3n) is 4.13. The van der Waals surface area contributed by atoms with Crippen LogP contribution in [0.2, 0.25) is 0 Å². The Kier molecular flexibility index (Phi) is 3.40. The molecule has 0 saturated carbocycles. The number of hydrogen-bond donors (Lipinski definition) is 0. The molecule has 0 amide bonds. The Bertz CT molecular complexity index is 481. The fraction of sp³-hybridized carbons (Fsp3) is 0.500. The first kappa shape index (κ1) is 14.4. The number of rotatable bonds is 2. The lowest BCUT2D eigenvalue weighted by atomic mass is 9.74. The smallest absolute Gasteiger partial charge is 0.399 e. The highest BCUT2D eigenvalue weighted by Crippen LogP contribution is 2.40. The molecule has 0 aromatic heterocycles. The van der Waals surface area contributed by atoms with Gasteiger partial charge in [-0.3, -0.25) is 0 Å². The van der Waals surface area contributed by atoms with E-state index in [4.69, 9.17) is 9.31 Å². The van der Waals surface area contributed by atoms with Crippen LogP contribution in [0.1, 0.15) is 44.4 Å². The van der Waals surface area contributed by atoms with Gasteiger partial charge in [-0.2, -0.15) is 0 Å². The predicted molar refractivity (Wildman–Crippen MR) is 81.0 cm³/mol. The van der Waals surface area contributed by atoms with Gasteiger partial charge in [0.1, 0.15) is 0 Å². The quantitative estimate of drug-likeness (QED) is 0.748. The number of hydrogen-bond acceptors (Lipinski definition) is 2. The van der Waals surface area contributed by atoms with Crippen LogP contribution in [0.5, 0.6) is 0 Å². The first-order chi connectivity index (χ1) is 8.62. The molecule has 3 heteroatoms. The molecule has 1 saturated heterocycles. The van der Waals surface area contributed by atoms with Crippen LogP contribution in [0.3, 0.4) is 0 Å². The minimum Gasteiger partial charge on any atom is -0.399 e. The van der Waals surface area contributed by atoms with E-state index in [1.54, 1.807) is 0 Å². The average Bonchev–Trinajstić information content (AvgIpc) is 2.45. The molecule has 1 aromatic carbocycles. The maximum atomic E-state index is 6.04. The van der Waals surface area contributed by atoms with Gasteiger partial charge in [-0.05, 0) is 52.6 Å². The zero-order valence-corrected chi connectivity index (χ0v) is 12.8. The molecule has 1 heterocycles. The Hall–Kier alpha value is -1.06. The lowest BCUT2D eigenvalue weighted by Gasteiger charge is -2.32. The van der Waals surface area contributed by atoms with Crippen LogP contribution in [0.15, 0.2) is 24.8 Å². The largest absolute Gasteiger partial charge is 0.494 e. The molecule has 1 aliphatic heterocycles. The van der Waals surface area contributed by atoms with Crippen molar-refractivity contribution in [2.75, 3.05) is 0 Å². The van der Waals surface area contributed by atoms with E-state index >= 15 is 0 Å². The van der Waals surface area contributed by atoms with Crippen LogP contribution >= 0.6 is 0 Å². The van der Waals surface area contributed by atoms with E-state index in [-0.39, 0.29) is 18.3 Å². The Balaban J connectivity index is 2.27. The van der Waals surface area contributed by atoms with Gasteiger partial charge in [0.05, 0.1) is 11.2 Å². The summed E-state index contributed by atoms with van der Waals surface area (Å²) in [7, 11) is -0.369. The van der Waals surface area contributed by atoms with Crippen molar-refractivity contribution in [1.82, 2.24) is 0 Å². The normalized spacial score (nSPS) is 20.6. The molecule has 0 radical (unpaired) electrons. The minimum absolute atomic E-state index is 0.320. The second kappa shape index (κ2) is 4.50. The summed E-state index contributed by atoms with van der Waals surface area (Å²) in [6, 6.07) is 6.40. The Morgan fingerprint density at radius 3 is 1.79 bits per heavy atom. The van der Waals surface area contributed by atoms with Crippen molar-refractivity contribution >= 4 is 12.6 Å². The molecule has 0 aliphatic carbocycles.